The number of rotatable bonds is 1. The number of pyridine rings is 1. The molecule has 138 valence electrons. The van der Waals surface area contributed by atoms with E-state index in [1.54, 1.807) is 4.40 Å². The molecule has 2 heterocycles. The van der Waals surface area contributed by atoms with Gasteiger partial charge >= 0.3 is 0 Å². The molecule has 0 saturated carbocycles. The third-order valence-corrected chi connectivity index (χ3v) is 4.36. The van der Waals surface area contributed by atoms with Gasteiger partial charge in [0.25, 0.3) is 5.56 Å². The van der Waals surface area contributed by atoms with Gasteiger partial charge in [-0.2, -0.15) is 0 Å². The summed E-state index contributed by atoms with van der Waals surface area (Å²) in [6.45, 7) is 6.25. The molecule has 0 atom stereocenters. The van der Waals surface area contributed by atoms with Crippen molar-refractivity contribution in [3.05, 3.63) is 71.0 Å². The number of aliphatic hydroxyl groups is 1. The van der Waals surface area contributed by atoms with Crippen LogP contribution in [0, 0.1) is 0 Å². The van der Waals surface area contributed by atoms with Gasteiger partial charge in [0.05, 0.1) is 11.0 Å². The van der Waals surface area contributed by atoms with Crippen LogP contribution in [-0.4, -0.2) is 21.1 Å². The first-order chi connectivity index (χ1) is 13.3. The van der Waals surface area contributed by atoms with Crippen molar-refractivity contribution in [2.45, 2.75) is 27.2 Å². The number of aliphatic hydroxyl groups excluding tert-OH is 1. The Labute approximate surface area is 158 Å². The first-order valence-corrected chi connectivity index (χ1v) is 9.41. The zero-order valence-corrected chi connectivity index (χ0v) is 15.9. The van der Waals surface area contributed by atoms with E-state index in [1.807, 2.05) is 81.4 Å². The van der Waals surface area contributed by atoms with E-state index in [0.717, 1.165) is 44.6 Å². The quantitative estimate of drug-likeness (QED) is 0.457. The Morgan fingerprint density at radius 3 is 2.22 bits per heavy atom. The SMILES string of the molecule is CC.CCCO.O=c1c2cccc3cccc(c32)c2nc3ccccc3n12. The summed E-state index contributed by atoms with van der Waals surface area (Å²) in [6, 6.07) is 19.7. The topological polar surface area (TPSA) is 54.6 Å². The van der Waals surface area contributed by atoms with Crippen molar-refractivity contribution in [1.82, 2.24) is 9.38 Å². The zero-order chi connectivity index (χ0) is 19.4. The second-order valence-electron chi connectivity index (χ2n) is 6.00. The molecule has 0 fully saturated rings. The molecular weight excluding hydrogens is 336 g/mol. The van der Waals surface area contributed by atoms with E-state index in [9.17, 15) is 4.79 Å². The molecule has 0 spiro atoms. The number of nitrogens with zero attached hydrogens (tertiary/aromatic N) is 2. The van der Waals surface area contributed by atoms with E-state index in [0.29, 0.717) is 6.61 Å². The van der Waals surface area contributed by atoms with Crippen LogP contribution in [-0.2, 0) is 0 Å². The molecule has 0 aliphatic carbocycles. The van der Waals surface area contributed by atoms with Gasteiger partial charge in [0.15, 0.2) is 0 Å². The lowest BCUT2D eigenvalue weighted by Gasteiger charge is -2.06. The Balaban J connectivity index is 0.000000314. The molecule has 5 rings (SSSR count). The third-order valence-electron chi connectivity index (χ3n) is 4.36. The van der Waals surface area contributed by atoms with Gasteiger partial charge in [0, 0.05) is 22.8 Å². The van der Waals surface area contributed by atoms with Crippen LogP contribution >= 0.6 is 0 Å². The number of fused-ring (bicyclic) bond motifs is 4. The number of imidazole rings is 1. The van der Waals surface area contributed by atoms with Crippen LogP contribution in [0.1, 0.15) is 27.2 Å². The molecule has 0 amide bonds. The predicted molar refractivity (Wildman–Crippen MR) is 114 cm³/mol. The molecule has 5 aromatic rings. The fourth-order valence-electron chi connectivity index (χ4n) is 3.24. The van der Waals surface area contributed by atoms with Crippen LogP contribution in [0.5, 0.6) is 0 Å². The smallest absolute Gasteiger partial charge is 0.264 e. The van der Waals surface area contributed by atoms with E-state index >= 15 is 0 Å². The van der Waals surface area contributed by atoms with Crippen molar-refractivity contribution >= 4 is 38.2 Å². The maximum absolute atomic E-state index is 12.9. The monoisotopic (exact) mass is 360 g/mol. The van der Waals surface area contributed by atoms with E-state index < -0.39 is 0 Å². The number of benzene rings is 3. The Hall–Kier alpha value is -2.98. The summed E-state index contributed by atoms with van der Waals surface area (Å²) in [4.78, 5) is 17.6. The van der Waals surface area contributed by atoms with Gasteiger partial charge in [0.1, 0.15) is 5.65 Å². The highest BCUT2D eigenvalue weighted by molar-refractivity contribution is 6.15. The summed E-state index contributed by atoms with van der Waals surface area (Å²) in [5, 5.41) is 11.7. The molecule has 1 N–H and O–H groups in total. The van der Waals surface area contributed by atoms with Crippen LogP contribution in [0.25, 0.3) is 38.2 Å². The number of hydrogen-bond donors (Lipinski definition) is 1. The molecule has 0 bridgehead atoms. The first kappa shape index (κ1) is 18.8. The Morgan fingerprint density at radius 1 is 0.926 bits per heavy atom. The number of aromatic nitrogens is 2. The molecule has 0 radical (unpaired) electrons. The van der Waals surface area contributed by atoms with Gasteiger partial charge < -0.3 is 5.11 Å². The van der Waals surface area contributed by atoms with Crippen LogP contribution in [0.3, 0.4) is 0 Å². The fraction of sp³-hybridized carbons (Fsp3) is 0.217. The van der Waals surface area contributed by atoms with Crippen LogP contribution in [0.4, 0.5) is 0 Å². The lowest BCUT2D eigenvalue weighted by atomic mass is 10.0. The second kappa shape index (κ2) is 8.14. The predicted octanol–water partition coefficient (Wildman–Crippen LogP) is 5.01. The molecule has 4 heteroatoms. The van der Waals surface area contributed by atoms with Gasteiger partial charge in [-0.25, -0.2) is 4.98 Å². The normalized spacial score (nSPS) is 10.7. The van der Waals surface area contributed by atoms with E-state index in [-0.39, 0.29) is 5.56 Å². The standard InChI is InChI=1S/C18H10N2O.C3H8O.C2H6/c21-18-13-8-4-6-11-5-3-7-12(16(11)13)17-19-14-9-1-2-10-15(14)20(17)18;1-2-3-4;1-2/h1-10H;4H,2-3H2,1H3;1-2H3. The van der Waals surface area contributed by atoms with Crippen molar-refractivity contribution in [1.29, 1.82) is 0 Å². The molecular formula is C23H24N2O2. The van der Waals surface area contributed by atoms with Crippen LogP contribution in [0.15, 0.2) is 65.5 Å². The summed E-state index contributed by atoms with van der Waals surface area (Å²) < 4.78 is 1.73. The maximum Gasteiger partial charge on any atom is 0.264 e. The fourth-order valence-corrected chi connectivity index (χ4v) is 3.24. The highest BCUT2D eigenvalue weighted by Crippen LogP contribution is 2.29. The van der Waals surface area contributed by atoms with Gasteiger partial charge in [0.2, 0.25) is 0 Å². The van der Waals surface area contributed by atoms with Crippen molar-refractivity contribution in [2.75, 3.05) is 6.61 Å². The summed E-state index contributed by atoms with van der Waals surface area (Å²) in [5.41, 5.74) is 2.46. The minimum absolute atomic E-state index is 0.00278. The van der Waals surface area contributed by atoms with Gasteiger partial charge in [-0.15, -0.1) is 0 Å². The van der Waals surface area contributed by atoms with Crippen molar-refractivity contribution in [2.24, 2.45) is 0 Å². The molecule has 0 aliphatic rings. The maximum atomic E-state index is 12.9. The molecule has 0 aliphatic heterocycles. The highest BCUT2D eigenvalue weighted by atomic mass is 16.2. The lowest BCUT2D eigenvalue weighted by molar-refractivity contribution is 0.295. The minimum atomic E-state index is 0.00278. The summed E-state index contributed by atoms with van der Waals surface area (Å²) in [5.74, 6) is 0. The van der Waals surface area contributed by atoms with Gasteiger partial charge in [-0.05, 0) is 30.0 Å². The minimum Gasteiger partial charge on any atom is -0.396 e. The Bertz CT molecular complexity index is 1230. The van der Waals surface area contributed by atoms with E-state index in [4.69, 9.17) is 5.11 Å². The molecule has 4 nitrogen and oxygen atoms in total. The van der Waals surface area contributed by atoms with Crippen LogP contribution in [0.2, 0.25) is 0 Å². The molecule has 27 heavy (non-hydrogen) atoms. The van der Waals surface area contributed by atoms with Crippen molar-refractivity contribution in [3.63, 3.8) is 0 Å². The number of hydrogen-bond acceptors (Lipinski definition) is 3. The third kappa shape index (κ3) is 3.13. The molecule has 0 unspecified atom stereocenters. The molecule has 0 saturated heterocycles. The van der Waals surface area contributed by atoms with Crippen molar-refractivity contribution < 1.29 is 5.11 Å². The van der Waals surface area contributed by atoms with E-state index in [1.165, 1.54) is 0 Å². The highest BCUT2D eigenvalue weighted by Gasteiger charge is 2.14. The molecule has 2 aromatic heterocycles. The average molecular weight is 360 g/mol. The molecule has 3 aromatic carbocycles. The van der Waals surface area contributed by atoms with Gasteiger partial charge in [-0.3, -0.25) is 9.20 Å². The lowest BCUT2D eigenvalue weighted by Crippen LogP contribution is -2.13. The summed E-state index contributed by atoms with van der Waals surface area (Å²) in [6.07, 6.45) is 0.875. The largest absolute Gasteiger partial charge is 0.396 e. The van der Waals surface area contributed by atoms with Crippen LogP contribution < -0.4 is 5.56 Å². The second-order valence-corrected chi connectivity index (χ2v) is 6.00. The van der Waals surface area contributed by atoms with Gasteiger partial charge in [-0.1, -0.05) is 63.2 Å². The Morgan fingerprint density at radius 2 is 1.56 bits per heavy atom. The Kier molecular flexibility index (Phi) is 5.67. The van der Waals surface area contributed by atoms with E-state index in [2.05, 4.69) is 4.98 Å². The average Bonchev–Trinajstić information content (AvgIpc) is 3.13. The number of para-hydroxylation sites is 2. The van der Waals surface area contributed by atoms with Crippen molar-refractivity contribution in [3.8, 4) is 0 Å². The first-order valence-electron chi connectivity index (χ1n) is 9.41. The zero-order valence-electron chi connectivity index (χ0n) is 15.9. The summed E-state index contributed by atoms with van der Waals surface area (Å²) in [7, 11) is 0. The summed E-state index contributed by atoms with van der Waals surface area (Å²) >= 11 is 0.